The SMILES string of the molecule is C=CCOC(=O)CC[C@@H](C)[C@H]1CC[C@H]2[C@@H]3C(=O)C[C@@H]4C[C@H](OC(C)=O)CC[C@]4(C)[C@H]3CC[C@]12C. The molecule has 0 aromatic carbocycles. The summed E-state index contributed by atoms with van der Waals surface area (Å²) in [5.74, 6) is 2.56. The van der Waals surface area contributed by atoms with Crippen molar-refractivity contribution in [1.29, 1.82) is 0 Å². The Morgan fingerprint density at radius 1 is 1.12 bits per heavy atom. The molecule has 4 aliphatic carbocycles. The van der Waals surface area contributed by atoms with E-state index in [1.54, 1.807) is 6.08 Å². The van der Waals surface area contributed by atoms with Crippen molar-refractivity contribution in [2.75, 3.05) is 6.61 Å². The first-order valence-corrected chi connectivity index (χ1v) is 13.6. The molecule has 4 fully saturated rings. The molecule has 0 N–H and O–H groups in total. The number of rotatable bonds is 7. The molecule has 0 amide bonds. The van der Waals surface area contributed by atoms with Gasteiger partial charge in [0.1, 0.15) is 18.5 Å². The molecule has 9 atom stereocenters. The Bertz CT molecular complexity index is 819. The van der Waals surface area contributed by atoms with Crippen LogP contribution in [0.25, 0.3) is 0 Å². The van der Waals surface area contributed by atoms with Crippen LogP contribution in [0.3, 0.4) is 0 Å². The van der Waals surface area contributed by atoms with E-state index in [0.29, 0.717) is 48.2 Å². The molecule has 4 rings (SSSR count). The van der Waals surface area contributed by atoms with E-state index in [0.717, 1.165) is 44.9 Å². The summed E-state index contributed by atoms with van der Waals surface area (Å²) in [7, 11) is 0. The molecular weight excluding hydrogens is 428 g/mol. The van der Waals surface area contributed by atoms with Crippen molar-refractivity contribution in [3.05, 3.63) is 12.7 Å². The fourth-order valence-electron chi connectivity index (χ4n) is 8.98. The maximum absolute atomic E-state index is 13.7. The van der Waals surface area contributed by atoms with E-state index in [9.17, 15) is 14.4 Å². The van der Waals surface area contributed by atoms with Crippen LogP contribution in [0.15, 0.2) is 12.7 Å². The molecule has 0 aromatic rings. The number of Topliss-reactive ketones (excluding diaryl/α,β-unsaturated/α-hetero) is 1. The van der Waals surface area contributed by atoms with Gasteiger partial charge in [0, 0.05) is 25.7 Å². The second kappa shape index (κ2) is 9.78. The first kappa shape index (κ1) is 25.4. The van der Waals surface area contributed by atoms with Crippen LogP contribution in [-0.4, -0.2) is 30.4 Å². The number of ketones is 1. The summed E-state index contributed by atoms with van der Waals surface area (Å²) in [4.78, 5) is 37.2. The summed E-state index contributed by atoms with van der Waals surface area (Å²) in [6.07, 6.45) is 11.0. The van der Waals surface area contributed by atoms with E-state index in [2.05, 4.69) is 27.4 Å². The summed E-state index contributed by atoms with van der Waals surface area (Å²) < 4.78 is 10.7. The van der Waals surface area contributed by atoms with Crippen molar-refractivity contribution in [2.45, 2.75) is 98.0 Å². The molecule has 190 valence electrons. The molecular formula is C29H44O5. The van der Waals surface area contributed by atoms with Crippen molar-refractivity contribution in [3.63, 3.8) is 0 Å². The average molecular weight is 473 g/mol. The quantitative estimate of drug-likeness (QED) is 0.341. The molecule has 34 heavy (non-hydrogen) atoms. The molecule has 0 heterocycles. The zero-order chi connectivity index (χ0) is 24.7. The molecule has 0 spiro atoms. The zero-order valence-corrected chi connectivity index (χ0v) is 21.6. The van der Waals surface area contributed by atoms with Gasteiger partial charge in [-0.1, -0.05) is 33.4 Å². The Kier molecular flexibility index (Phi) is 7.32. The van der Waals surface area contributed by atoms with E-state index in [4.69, 9.17) is 9.47 Å². The van der Waals surface area contributed by atoms with Crippen LogP contribution in [0.5, 0.6) is 0 Å². The summed E-state index contributed by atoms with van der Waals surface area (Å²) in [5, 5.41) is 0. The number of esters is 2. The van der Waals surface area contributed by atoms with Crippen molar-refractivity contribution in [1.82, 2.24) is 0 Å². The highest BCUT2D eigenvalue weighted by Gasteiger charge is 2.63. The highest BCUT2D eigenvalue weighted by atomic mass is 16.5. The molecule has 5 heteroatoms. The van der Waals surface area contributed by atoms with Gasteiger partial charge in [-0.2, -0.15) is 0 Å². The average Bonchev–Trinajstić information content (AvgIpc) is 3.14. The maximum atomic E-state index is 13.7. The maximum Gasteiger partial charge on any atom is 0.306 e. The van der Waals surface area contributed by atoms with E-state index in [1.807, 2.05) is 0 Å². The van der Waals surface area contributed by atoms with Crippen molar-refractivity contribution in [3.8, 4) is 0 Å². The smallest absolute Gasteiger partial charge is 0.306 e. The lowest BCUT2D eigenvalue weighted by atomic mass is 9.44. The van der Waals surface area contributed by atoms with Crippen LogP contribution in [0.1, 0.15) is 91.9 Å². The third-order valence-electron chi connectivity index (χ3n) is 10.7. The van der Waals surface area contributed by atoms with Gasteiger partial charge in [0.05, 0.1) is 0 Å². The van der Waals surface area contributed by atoms with Gasteiger partial charge < -0.3 is 9.47 Å². The molecule has 0 aliphatic heterocycles. The number of carbonyl (C=O) groups excluding carboxylic acids is 3. The monoisotopic (exact) mass is 472 g/mol. The minimum Gasteiger partial charge on any atom is -0.463 e. The molecule has 0 aromatic heterocycles. The van der Waals surface area contributed by atoms with Gasteiger partial charge in [0.2, 0.25) is 0 Å². The minimum atomic E-state index is -0.206. The van der Waals surface area contributed by atoms with E-state index >= 15 is 0 Å². The van der Waals surface area contributed by atoms with Crippen molar-refractivity contribution in [2.24, 2.45) is 46.3 Å². The lowest BCUT2D eigenvalue weighted by molar-refractivity contribution is -0.168. The second-order valence-corrected chi connectivity index (χ2v) is 12.3. The number of carbonyl (C=O) groups is 3. The normalized spacial score (nSPS) is 42.1. The lowest BCUT2D eigenvalue weighted by Gasteiger charge is -2.60. The third-order valence-corrected chi connectivity index (χ3v) is 10.7. The zero-order valence-electron chi connectivity index (χ0n) is 21.6. The molecule has 0 unspecified atom stereocenters. The summed E-state index contributed by atoms with van der Waals surface area (Å²) in [6.45, 7) is 12.5. The summed E-state index contributed by atoms with van der Waals surface area (Å²) in [5.41, 5.74) is 0.356. The number of hydrogen-bond acceptors (Lipinski definition) is 5. The Labute approximate surface area is 205 Å². The molecule has 4 saturated carbocycles. The molecule has 0 radical (unpaired) electrons. The third kappa shape index (κ3) is 4.48. The topological polar surface area (TPSA) is 69.7 Å². The fraction of sp³-hybridized carbons (Fsp3) is 0.828. The fourth-order valence-corrected chi connectivity index (χ4v) is 8.98. The lowest BCUT2D eigenvalue weighted by Crippen LogP contribution is -2.57. The van der Waals surface area contributed by atoms with Gasteiger partial charge >= 0.3 is 11.9 Å². The van der Waals surface area contributed by atoms with Crippen molar-refractivity contribution >= 4 is 17.7 Å². The van der Waals surface area contributed by atoms with Gasteiger partial charge in [0.25, 0.3) is 0 Å². The van der Waals surface area contributed by atoms with E-state index in [1.165, 1.54) is 13.3 Å². The second-order valence-electron chi connectivity index (χ2n) is 12.3. The molecule has 0 bridgehead atoms. The number of fused-ring (bicyclic) bond motifs is 5. The predicted molar refractivity (Wildman–Crippen MR) is 131 cm³/mol. The van der Waals surface area contributed by atoms with Gasteiger partial charge in [-0.3, -0.25) is 14.4 Å². The van der Waals surface area contributed by atoms with Gasteiger partial charge in [-0.15, -0.1) is 0 Å². The first-order chi connectivity index (χ1) is 16.1. The van der Waals surface area contributed by atoms with Gasteiger partial charge in [0.15, 0.2) is 0 Å². The van der Waals surface area contributed by atoms with Gasteiger partial charge in [-0.25, -0.2) is 0 Å². The predicted octanol–water partition coefficient (Wildman–Crippen LogP) is 5.90. The van der Waals surface area contributed by atoms with Crippen LogP contribution in [0.2, 0.25) is 0 Å². The molecule has 5 nitrogen and oxygen atoms in total. The van der Waals surface area contributed by atoms with Crippen LogP contribution in [0, 0.1) is 46.3 Å². The standard InChI is InChI=1S/C29H44O5/c1-6-15-33-26(32)10-7-18(2)22-8-9-23-27-24(12-14-29(22,23)5)28(4)13-11-21(34-19(3)30)16-20(28)17-25(27)31/h6,18,20-24,27H,1,7-17H2,2-5H3/t18-,20+,21-,22-,23+,24+,27+,28+,29-/m1/s1. The van der Waals surface area contributed by atoms with Crippen LogP contribution < -0.4 is 0 Å². The summed E-state index contributed by atoms with van der Waals surface area (Å²) in [6, 6.07) is 0. The van der Waals surface area contributed by atoms with Crippen molar-refractivity contribution < 1.29 is 23.9 Å². The minimum absolute atomic E-state index is 0.0244. The summed E-state index contributed by atoms with van der Waals surface area (Å²) >= 11 is 0. The molecule has 0 saturated heterocycles. The first-order valence-electron chi connectivity index (χ1n) is 13.6. The molecule has 4 aliphatic rings. The van der Waals surface area contributed by atoms with Gasteiger partial charge in [-0.05, 0) is 91.8 Å². The largest absolute Gasteiger partial charge is 0.463 e. The van der Waals surface area contributed by atoms with Crippen LogP contribution in [0.4, 0.5) is 0 Å². The number of ether oxygens (including phenoxy) is 2. The van der Waals surface area contributed by atoms with E-state index < -0.39 is 0 Å². The highest BCUT2D eigenvalue weighted by Crippen LogP contribution is 2.67. The number of hydrogen-bond donors (Lipinski definition) is 0. The van der Waals surface area contributed by atoms with E-state index in [-0.39, 0.29) is 41.4 Å². The Hall–Kier alpha value is -1.65. The van der Waals surface area contributed by atoms with Crippen LogP contribution >= 0.6 is 0 Å². The Morgan fingerprint density at radius 3 is 2.53 bits per heavy atom. The Morgan fingerprint density at radius 2 is 1.82 bits per heavy atom. The Balaban J connectivity index is 1.45. The highest BCUT2D eigenvalue weighted by molar-refractivity contribution is 5.83. The van der Waals surface area contributed by atoms with Crippen LogP contribution in [-0.2, 0) is 23.9 Å².